The molecule has 0 aromatic heterocycles. The van der Waals surface area contributed by atoms with Gasteiger partial charge in [-0.05, 0) is 43.6 Å². The monoisotopic (exact) mass is 220 g/mol. The number of Topliss-reactive ketones (excluding diaryl/α,β-unsaturated/α-hetero) is 1. The van der Waals surface area contributed by atoms with E-state index in [1.165, 1.54) is 5.57 Å². The van der Waals surface area contributed by atoms with E-state index in [1.807, 2.05) is 0 Å². The van der Waals surface area contributed by atoms with Gasteiger partial charge in [0, 0.05) is 6.42 Å². The van der Waals surface area contributed by atoms with Gasteiger partial charge < -0.3 is 0 Å². The molecule has 0 spiro atoms. The number of rotatable bonds is 6. The number of hydrogen-bond donors (Lipinski definition) is 0. The fourth-order valence-electron chi connectivity index (χ4n) is 2.50. The number of allylic oxidation sites excluding steroid dienone is 4. The summed E-state index contributed by atoms with van der Waals surface area (Å²) in [5.41, 5.74) is 2.57. The smallest absolute Gasteiger partial charge is 0.159 e. The lowest BCUT2D eigenvalue weighted by Crippen LogP contribution is -2.07. The van der Waals surface area contributed by atoms with Gasteiger partial charge in [0.2, 0.25) is 0 Å². The summed E-state index contributed by atoms with van der Waals surface area (Å²) in [6, 6.07) is 0. The van der Waals surface area contributed by atoms with Crippen LogP contribution in [0.5, 0.6) is 0 Å². The molecule has 0 heterocycles. The Balaban J connectivity index is 2.55. The molecule has 1 nitrogen and oxygen atoms in total. The highest BCUT2D eigenvalue weighted by Crippen LogP contribution is 2.32. The molecule has 1 aliphatic rings. The van der Waals surface area contributed by atoms with Crippen molar-refractivity contribution in [2.75, 3.05) is 0 Å². The van der Waals surface area contributed by atoms with Gasteiger partial charge in [-0.2, -0.15) is 0 Å². The molecular weight excluding hydrogens is 196 g/mol. The predicted octanol–water partition coefficient (Wildman–Crippen LogP) is 4.44. The van der Waals surface area contributed by atoms with Gasteiger partial charge in [-0.15, -0.1) is 0 Å². The Hall–Kier alpha value is -0.850. The quantitative estimate of drug-likeness (QED) is 0.605. The Morgan fingerprint density at radius 1 is 1.25 bits per heavy atom. The zero-order chi connectivity index (χ0) is 12.0. The van der Waals surface area contributed by atoms with Crippen molar-refractivity contribution in [3.05, 3.63) is 23.3 Å². The molecule has 1 unspecified atom stereocenters. The number of carbonyl (C=O) groups excluding carboxylic acids is 1. The zero-order valence-corrected chi connectivity index (χ0v) is 10.9. The molecule has 1 rings (SSSR count). The molecule has 0 aromatic carbocycles. The standard InChI is InChI=1S/C15H24O/c1-4-6-7-8-9-12(3)15-13(5-2)10-11-14(15)16/h6-7,12H,4-5,8-11H2,1-3H3. The summed E-state index contributed by atoms with van der Waals surface area (Å²) in [5, 5.41) is 0. The second kappa shape index (κ2) is 6.67. The number of ketones is 1. The summed E-state index contributed by atoms with van der Waals surface area (Å²) < 4.78 is 0. The topological polar surface area (TPSA) is 17.1 Å². The third kappa shape index (κ3) is 3.33. The largest absolute Gasteiger partial charge is 0.295 e. The van der Waals surface area contributed by atoms with Crippen LogP contribution in [-0.4, -0.2) is 5.78 Å². The fraction of sp³-hybridized carbons (Fsp3) is 0.667. The highest BCUT2D eigenvalue weighted by atomic mass is 16.1. The van der Waals surface area contributed by atoms with Crippen LogP contribution in [0, 0.1) is 5.92 Å². The summed E-state index contributed by atoms with van der Waals surface area (Å²) in [5.74, 6) is 0.857. The Morgan fingerprint density at radius 3 is 2.62 bits per heavy atom. The van der Waals surface area contributed by atoms with Gasteiger partial charge in [0.1, 0.15) is 0 Å². The normalized spacial score (nSPS) is 18.8. The predicted molar refractivity (Wildman–Crippen MR) is 69.4 cm³/mol. The lowest BCUT2D eigenvalue weighted by atomic mass is 9.91. The van der Waals surface area contributed by atoms with Crippen molar-refractivity contribution in [1.29, 1.82) is 0 Å². The third-order valence-electron chi connectivity index (χ3n) is 3.42. The molecule has 0 saturated heterocycles. The van der Waals surface area contributed by atoms with Crippen LogP contribution in [0.3, 0.4) is 0 Å². The van der Waals surface area contributed by atoms with Crippen molar-refractivity contribution in [1.82, 2.24) is 0 Å². The van der Waals surface area contributed by atoms with Crippen molar-refractivity contribution in [2.45, 2.75) is 59.3 Å². The van der Waals surface area contributed by atoms with E-state index in [9.17, 15) is 4.79 Å². The van der Waals surface area contributed by atoms with Gasteiger partial charge in [-0.25, -0.2) is 0 Å². The Morgan fingerprint density at radius 2 is 2.00 bits per heavy atom. The van der Waals surface area contributed by atoms with Crippen LogP contribution in [0.1, 0.15) is 59.3 Å². The van der Waals surface area contributed by atoms with Crippen LogP contribution in [0.2, 0.25) is 0 Å². The van der Waals surface area contributed by atoms with Crippen LogP contribution in [0.4, 0.5) is 0 Å². The average Bonchev–Trinajstić information content (AvgIpc) is 2.65. The van der Waals surface area contributed by atoms with Crippen molar-refractivity contribution in [2.24, 2.45) is 5.92 Å². The molecule has 0 amide bonds. The minimum absolute atomic E-state index is 0.406. The van der Waals surface area contributed by atoms with Crippen molar-refractivity contribution >= 4 is 5.78 Å². The van der Waals surface area contributed by atoms with Gasteiger partial charge in [0.15, 0.2) is 5.78 Å². The molecule has 0 bridgehead atoms. The highest BCUT2D eigenvalue weighted by molar-refractivity contribution is 5.99. The Bertz CT molecular complexity index is 297. The molecule has 90 valence electrons. The molecule has 0 aromatic rings. The van der Waals surface area contributed by atoms with Gasteiger partial charge >= 0.3 is 0 Å². The van der Waals surface area contributed by atoms with Gasteiger partial charge in [-0.3, -0.25) is 4.79 Å². The first-order valence-electron chi connectivity index (χ1n) is 6.60. The number of hydrogen-bond acceptors (Lipinski definition) is 1. The first-order chi connectivity index (χ1) is 7.70. The van der Waals surface area contributed by atoms with E-state index in [0.29, 0.717) is 11.7 Å². The maximum absolute atomic E-state index is 11.8. The molecule has 0 fully saturated rings. The summed E-state index contributed by atoms with van der Waals surface area (Å²) in [6.45, 7) is 6.52. The molecular formula is C15H24O. The number of carbonyl (C=O) groups is 1. The lowest BCUT2D eigenvalue weighted by Gasteiger charge is -2.13. The van der Waals surface area contributed by atoms with Gasteiger partial charge in [-0.1, -0.05) is 38.5 Å². The second-order valence-electron chi connectivity index (χ2n) is 4.65. The third-order valence-corrected chi connectivity index (χ3v) is 3.42. The Labute approximate surface area is 99.6 Å². The van der Waals surface area contributed by atoms with Crippen LogP contribution in [0.25, 0.3) is 0 Å². The van der Waals surface area contributed by atoms with E-state index in [2.05, 4.69) is 32.9 Å². The molecule has 0 radical (unpaired) electrons. The summed E-state index contributed by atoms with van der Waals surface area (Å²) in [7, 11) is 0. The fourth-order valence-corrected chi connectivity index (χ4v) is 2.50. The summed E-state index contributed by atoms with van der Waals surface area (Å²) in [4.78, 5) is 11.8. The SMILES string of the molecule is CCC=CCCC(C)C1=C(CC)CCC1=O. The first kappa shape index (κ1) is 13.2. The Kier molecular flexibility index (Phi) is 5.51. The van der Waals surface area contributed by atoms with Crippen LogP contribution in [-0.2, 0) is 4.79 Å². The van der Waals surface area contributed by atoms with E-state index >= 15 is 0 Å². The molecule has 16 heavy (non-hydrogen) atoms. The molecule has 0 N–H and O–H groups in total. The molecule has 1 heteroatoms. The highest BCUT2D eigenvalue weighted by Gasteiger charge is 2.25. The molecule has 0 aliphatic heterocycles. The molecule has 1 aliphatic carbocycles. The zero-order valence-electron chi connectivity index (χ0n) is 10.9. The van der Waals surface area contributed by atoms with E-state index in [4.69, 9.17) is 0 Å². The average molecular weight is 220 g/mol. The van der Waals surface area contributed by atoms with E-state index in [-0.39, 0.29) is 0 Å². The summed E-state index contributed by atoms with van der Waals surface area (Å²) in [6.07, 6.45) is 10.6. The maximum Gasteiger partial charge on any atom is 0.159 e. The van der Waals surface area contributed by atoms with Crippen molar-refractivity contribution < 1.29 is 4.79 Å². The minimum Gasteiger partial charge on any atom is -0.295 e. The second-order valence-corrected chi connectivity index (χ2v) is 4.65. The van der Waals surface area contributed by atoms with Gasteiger partial charge in [0.25, 0.3) is 0 Å². The first-order valence-corrected chi connectivity index (χ1v) is 6.60. The van der Waals surface area contributed by atoms with Crippen LogP contribution in [0.15, 0.2) is 23.3 Å². The lowest BCUT2D eigenvalue weighted by molar-refractivity contribution is -0.115. The summed E-state index contributed by atoms with van der Waals surface area (Å²) >= 11 is 0. The van der Waals surface area contributed by atoms with E-state index < -0.39 is 0 Å². The van der Waals surface area contributed by atoms with Crippen LogP contribution < -0.4 is 0 Å². The molecule has 1 atom stereocenters. The van der Waals surface area contributed by atoms with Crippen molar-refractivity contribution in [3.63, 3.8) is 0 Å². The van der Waals surface area contributed by atoms with Crippen molar-refractivity contribution in [3.8, 4) is 0 Å². The van der Waals surface area contributed by atoms with Gasteiger partial charge in [0.05, 0.1) is 0 Å². The molecule has 0 saturated carbocycles. The van der Waals surface area contributed by atoms with E-state index in [1.54, 1.807) is 0 Å². The maximum atomic E-state index is 11.8. The van der Waals surface area contributed by atoms with E-state index in [0.717, 1.165) is 44.1 Å². The van der Waals surface area contributed by atoms with Crippen LogP contribution >= 0.6 is 0 Å². The minimum atomic E-state index is 0.406.